The number of ether oxygens (including phenoxy) is 2. The Morgan fingerprint density at radius 1 is 1.13 bits per heavy atom. The number of methoxy groups -OCH3 is 2. The second kappa shape index (κ2) is 11.8. The number of carbonyl (C=O) groups excluding carboxylic acids is 1. The molecule has 5 rings (SSSR count). The number of pyridine rings is 1. The zero-order valence-electron chi connectivity index (χ0n) is 22.8. The maximum atomic E-state index is 13.4. The van der Waals surface area contributed by atoms with E-state index in [4.69, 9.17) is 15.2 Å². The molecule has 0 bridgehead atoms. The summed E-state index contributed by atoms with van der Waals surface area (Å²) in [6.07, 6.45) is 12.7. The molecule has 1 aliphatic heterocycles. The van der Waals surface area contributed by atoms with E-state index in [1.165, 1.54) is 0 Å². The van der Waals surface area contributed by atoms with Crippen molar-refractivity contribution >= 4 is 5.91 Å². The highest BCUT2D eigenvalue weighted by Gasteiger charge is 2.23. The fourth-order valence-electron chi connectivity index (χ4n) is 5.31. The van der Waals surface area contributed by atoms with Crippen LogP contribution in [0.1, 0.15) is 41.5 Å². The average Bonchev–Trinajstić information content (AvgIpc) is 3.39. The molecule has 0 radical (unpaired) electrons. The number of carbonyl (C=O) groups is 1. The zero-order chi connectivity index (χ0) is 27.4. The number of benzene rings is 1. The summed E-state index contributed by atoms with van der Waals surface area (Å²) in [5, 5.41) is 3.13. The van der Waals surface area contributed by atoms with E-state index < -0.39 is 0 Å². The number of nitrogens with zero attached hydrogens (tertiary/aromatic N) is 4. The third kappa shape index (κ3) is 6.38. The molecule has 204 valence electrons. The van der Waals surface area contributed by atoms with E-state index in [-0.39, 0.29) is 18.0 Å². The van der Waals surface area contributed by atoms with Gasteiger partial charge in [-0.2, -0.15) is 0 Å². The molecule has 1 unspecified atom stereocenters. The maximum absolute atomic E-state index is 13.4. The fraction of sp³-hybridized carbons (Fsp3) is 0.367. The third-order valence-corrected chi connectivity index (χ3v) is 7.24. The first-order chi connectivity index (χ1) is 18.9. The molecule has 0 saturated carbocycles. The summed E-state index contributed by atoms with van der Waals surface area (Å²) >= 11 is 0. The molecule has 2 aromatic heterocycles. The first-order valence-electron chi connectivity index (χ1n) is 13.3. The number of rotatable bonds is 8. The van der Waals surface area contributed by atoms with E-state index in [9.17, 15) is 4.79 Å². The average molecular weight is 529 g/mol. The summed E-state index contributed by atoms with van der Waals surface area (Å²) in [7, 11) is 3.21. The summed E-state index contributed by atoms with van der Waals surface area (Å²) in [5.74, 6) is 1.03. The smallest absolute Gasteiger partial charge is 0.274 e. The maximum Gasteiger partial charge on any atom is 0.274 e. The van der Waals surface area contributed by atoms with Gasteiger partial charge in [0, 0.05) is 43.6 Å². The Kier molecular flexibility index (Phi) is 8.09. The summed E-state index contributed by atoms with van der Waals surface area (Å²) in [4.78, 5) is 24.5. The number of amides is 1. The lowest BCUT2D eigenvalue weighted by atomic mass is 9.97. The standard InChI is InChI=1S/C30H36N6O3/c1-20-16-36(19-33-20)26-12-21(17-35-10-4-5-24(31)18-35)11-25(15-26)34-30(37)27-13-23(8-9-32-27)22-6-7-28(38-2)29(14-22)39-3/h6-9,11-14,16,19,24,26H,4-5,10,15,17-18,31H2,1-3H3,(H,34,37)/t24-,26?/m0/s1. The number of hydrogen-bond donors (Lipinski definition) is 2. The van der Waals surface area contributed by atoms with Crippen molar-refractivity contribution in [3.05, 3.63) is 83.9 Å². The zero-order valence-corrected chi connectivity index (χ0v) is 22.8. The van der Waals surface area contributed by atoms with E-state index in [0.717, 1.165) is 60.6 Å². The summed E-state index contributed by atoms with van der Waals surface area (Å²) in [5.41, 5.74) is 11.3. The molecule has 2 aliphatic rings. The van der Waals surface area contributed by atoms with Gasteiger partial charge in [0.2, 0.25) is 0 Å². The van der Waals surface area contributed by atoms with Gasteiger partial charge in [0.1, 0.15) is 5.69 Å². The van der Waals surface area contributed by atoms with Crippen LogP contribution in [0, 0.1) is 6.92 Å². The molecule has 3 aromatic rings. The van der Waals surface area contributed by atoms with Crippen LogP contribution >= 0.6 is 0 Å². The quantitative estimate of drug-likeness (QED) is 0.457. The minimum Gasteiger partial charge on any atom is -0.493 e. The highest BCUT2D eigenvalue weighted by Crippen LogP contribution is 2.32. The van der Waals surface area contributed by atoms with E-state index in [1.807, 2.05) is 43.7 Å². The molecule has 3 N–H and O–H groups in total. The van der Waals surface area contributed by atoms with E-state index >= 15 is 0 Å². The molecule has 1 saturated heterocycles. The molecular formula is C30H36N6O3. The highest BCUT2D eigenvalue weighted by molar-refractivity contribution is 5.94. The molecule has 0 spiro atoms. The minimum atomic E-state index is -0.245. The molecule has 9 nitrogen and oxygen atoms in total. The molecule has 1 fully saturated rings. The van der Waals surface area contributed by atoms with Gasteiger partial charge in [-0.3, -0.25) is 14.7 Å². The normalized spacial score (nSPS) is 19.7. The van der Waals surface area contributed by atoms with Gasteiger partial charge in [0.05, 0.1) is 32.3 Å². The molecule has 39 heavy (non-hydrogen) atoms. The van der Waals surface area contributed by atoms with Crippen molar-refractivity contribution in [2.45, 2.75) is 38.3 Å². The predicted octanol–water partition coefficient (Wildman–Crippen LogP) is 3.88. The molecule has 1 aliphatic carbocycles. The lowest BCUT2D eigenvalue weighted by molar-refractivity contribution is 0.0959. The van der Waals surface area contributed by atoms with Gasteiger partial charge in [-0.05, 0) is 73.4 Å². The van der Waals surface area contributed by atoms with Crippen molar-refractivity contribution in [3.8, 4) is 22.6 Å². The van der Waals surface area contributed by atoms with Crippen LogP contribution in [-0.4, -0.2) is 65.2 Å². The predicted molar refractivity (Wildman–Crippen MR) is 151 cm³/mol. The van der Waals surface area contributed by atoms with Crippen LogP contribution in [0.2, 0.25) is 0 Å². The van der Waals surface area contributed by atoms with Crippen molar-refractivity contribution in [3.63, 3.8) is 0 Å². The molecule has 2 atom stereocenters. The topological polar surface area (TPSA) is 108 Å². The van der Waals surface area contributed by atoms with Crippen LogP contribution in [0.25, 0.3) is 11.1 Å². The Labute approximate surface area is 229 Å². The SMILES string of the molecule is COc1ccc(-c2ccnc(C(=O)NC3=CC(CN4CCC[C@H](N)C4)=CC(n4cnc(C)c4)C3)c2)cc1OC. The van der Waals surface area contributed by atoms with E-state index in [0.29, 0.717) is 23.6 Å². The molecule has 1 aromatic carbocycles. The van der Waals surface area contributed by atoms with Gasteiger partial charge in [0.25, 0.3) is 5.91 Å². The van der Waals surface area contributed by atoms with Crippen LogP contribution in [0.3, 0.4) is 0 Å². The summed E-state index contributed by atoms with van der Waals surface area (Å²) in [6, 6.07) is 9.61. The Morgan fingerprint density at radius 2 is 1.95 bits per heavy atom. The van der Waals surface area contributed by atoms with Crippen LogP contribution in [0.4, 0.5) is 0 Å². The Balaban J connectivity index is 1.36. The van der Waals surface area contributed by atoms with Gasteiger partial charge in [0.15, 0.2) is 11.5 Å². The number of allylic oxidation sites excluding steroid dienone is 2. The summed E-state index contributed by atoms with van der Waals surface area (Å²) < 4.78 is 12.9. The number of piperidine rings is 1. The largest absolute Gasteiger partial charge is 0.493 e. The first kappa shape index (κ1) is 26.6. The number of nitrogens with one attached hydrogen (secondary N) is 1. The van der Waals surface area contributed by atoms with Crippen LogP contribution in [0.5, 0.6) is 11.5 Å². The van der Waals surface area contributed by atoms with Crippen molar-refractivity contribution in [2.24, 2.45) is 5.73 Å². The highest BCUT2D eigenvalue weighted by atomic mass is 16.5. The van der Waals surface area contributed by atoms with Gasteiger partial charge >= 0.3 is 0 Å². The number of imidazole rings is 1. The summed E-state index contributed by atoms with van der Waals surface area (Å²) in [6.45, 7) is 4.69. The molecule has 3 heterocycles. The molecule has 9 heteroatoms. The Hall–Kier alpha value is -3.95. The van der Waals surface area contributed by atoms with Gasteiger partial charge in [-0.1, -0.05) is 12.1 Å². The van der Waals surface area contributed by atoms with Crippen LogP contribution in [0.15, 0.2) is 72.5 Å². The molecular weight excluding hydrogens is 492 g/mol. The minimum absolute atomic E-state index is 0.0611. The lowest BCUT2D eigenvalue weighted by Gasteiger charge is -2.32. The van der Waals surface area contributed by atoms with Gasteiger partial charge < -0.3 is 25.1 Å². The number of likely N-dealkylation sites (tertiary alicyclic amines) is 1. The second-order valence-corrected chi connectivity index (χ2v) is 10.2. The van der Waals surface area contributed by atoms with Gasteiger partial charge in [-0.15, -0.1) is 0 Å². The lowest BCUT2D eigenvalue weighted by Crippen LogP contribution is -2.43. The second-order valence-electron chi connectivity index (χ2n) is 10.2. The van der Waals surface area contributed by atoms with Crippen molar-refractivity contribution < 1.29 is 14.3 Å². The Morgan fingerprint density at radius 3 is 2.69 bits per heavy atom. The third-order valence-electron chi connectivity index (χ3n) is 7.24. The van der Waals surface area contributed by atoms with Gasteiger partial charge in [-0.25, -0.2) is 4.98 Å². The monoisotopic (exact) mass is 528 g/mol. The van der Waals surface area contributed by atoms with Crippen molar-refractivity contribution in [1.29, 1.82) is 0 Å². The van der Waals surface area contributed by atoms with Crippen LogP contribution in [-0.2, 0) is 0 Å². The van der Waals surface area contributed by atoms with E-state index in [1.54, 1.807) is 26.5 Å². The van der Waals surface area contributed by atoms with Crippen LogP contribution < -0.4 is 20.5 Å². The van der Waals surface area contributed by atoms with E-state index in [2.05, 4.69) is 36.9 Å². The van der Waals surface area contributed by atoms with Crippen molar-refractivity contribution in [1.82, 2.24) is 24.8 Å². The fourth-order valence-corrected chi connectivity index (χ4v) is 5.31. The van der Waals surface area contributed by atoms with Crippen molar-refractivity contribution in [2.75, 3.05) is 33.9 Å². The number of nitrogens with two attached hydrogens (primary N) is 1. The number of aromatic nitrogens is 3. The number of hydrogen-bond acceptors (Lipinski definition) is 7. The Bertz CT molecular complexity index is 1390. The molecule has 1 amide bonds. The first-order valence-corrected chi connectivity index (χ1v) is 13.3. The number of aryl methyl sites for hydroxylation is 1.